The number of nitrogens with one attached hydrogen (secondary N) is 1. The largest absolute Gasteiger partial charge is 0.350 e. The molecule has 5 nitrogen and oxygen atoms in total. The van der Waals surface area contributed by atoms with E-state index in [9.17, 15) is 9.59 Å². The van der Waals surface area contributed by atoms with Crippen LogP contribution in [-0.4, -0.2) is 33.4 Å². The molecule has 32 heavy (non-hydrogen) atoms. The Morgan fingerprint density at radius 1 is 1.06 bits per heavy atom. The number of rotatable bonds is 6. The minimum Gasteiger partial charge on any atom is -0.350 e. The van der Waals surface area contributed by atoms with Crippen molar-refractivity contribution in [3.05, 3.63) is 94.3 Å². The van der Waals surface area contributed by atoms with Crippen molar-refractivity contribution in [2.24, 2.45) is 0 Å². The maximum atomic E-state index is 13.7. The Kier molecular flexibility index (Phi) is 5.31. The molecule has 6 heteroatoms. The topological polar surface area (TPSA) is 54.3 Å². The number of hydrogen-bond acceptors (Lipinski definition) is 3. The van der Waals surface area contributed by atoms with Gasteiger partial charge in [0.05, 0.1) is 6.54 Å². The Morgan fingerprint density at radius 2 is 1.84 bits per heavy atom. The molecule has 162 valence electrons. The van der Waals surface area contributed by atoms with Gasteiger partial charge in [0.25, 0.3) is 5.91 Å². The first-order chi connectivity index (χ1) is 15.6. The lowest BCUT2D eigenvalue weighted by molar-refractivity contribution is -0.133. The maximum Gasteiger partial charge on any atom is 0.271 e. The van der Waals surface area contributed by atoms with Crippen LogP contribution in [0.15, 0.2) is 78.2 Å². The van der Waals surface area contributed by atoms with Crippen molar-refractivity contribution in [3.8, 4) is 0 Å². The number of aromatic nitrogens is 1. The molecular weight excluding hydrogens is 418 g/mol. The molecule has 0 aliphatic carbocycles. The lowest BCUT2D eigenvalue weighted by atomic mass is 9.94. The molecule has 2 amide bonds. The Balaban J connectivity index is 1.49. The van der Waals surface area contributed by atoms with Crippen LogP contribution in [0.2, 0.25) is 0 Å². The molecule has 2 aromatic carbocycles. The highest BCUT2D eigenvalue weighted by atomic mass is 32.1. The van der Waals surface area contributed by atoms with Crippen molar-refractivity contribution < 1.29 is 9.59 Å². The molecule has 4 aromatic rings. The van der Waals surface area contributed by atoms with Crippen molar-refractivity contribution in [2.45, 2.75) is 32.0 Å². The van der Waals surface area contributed by atoms with Crippen LogP contribution in [0.4, 0.5) is 0 Å². The number of amides is 2. The summed E-state index contributed by atoms with van der Waals surface area (Å²) in [6.07, 6.45) is 0.727. The van der Waals surface area contributed by atoms with E-state index < -0.39 is 5.54 Å². The summed E-state index contributed by atoms with van der Waals surface area (Å²) in [5.41, 5.74) is 1.67. The zero-order valence-electron chi connectivity index (χ0n) is 18.0. The van der Waals surface area contributed by atoms with Crippen molar-refractivity contribution in [1.29, 1.82) is 0 Å². The van der Waals surface area contributed by atoms with E-state index in [-0.39, 0.29) is 11.8 Å². The lowest BCUT2D eigenvalue weighted by Gasteiger charge is -2.44. The van der Waals surface area contributed by atoms with Crippen molar-refractivity contribution >= 4 is 34.1 Å². The number of carbonyl (C=O) groups is 2. The molecule has 0 saturated carbocycles. The highest BCUT2D eigenvalue weighted by Gasteiger charge is 2.47. The van der Waals surface area contributed by atoms with Crippen molar-refractivity contribution in [1.82, 2.24) is 14.8 Å². The first kappa shape index (κ1) is 20.5. The van der Waals surface area contributed by atoms with Crippen LogP contribution in [0.25, 0.3) is 10.9 Å². The molecule has 3 heterocycles. The van der Waals surface area contributed by atoms with Crippen LogP contribution in [0.5, 0.6) is 0 Å². The molecule has 0 spiro atoms. The minimum atomic E-state index is -0.988. The van der Waals surface area contributed by atoms with E-state index in [0.29, 0.717) is 25.3 Å². The fraction of sp³-hybridized carbons (Fsp3) is 0.231. The van der Waals surface area contributed by atoms with Crippen LogP contribution in [-0.2, 0) is 24.3 Å². The molecule has 0 fully saturated rings. The molecule has 1 N–H and O–H groups in total. The van der Waals surface area contributed by atoms with Gasteiger partial charge in [-0.05, 0) is 42.5 Å². The minimum absolute atomic E-state index is 0.0960. The van der Waals surface area contributed by atoms with Gasteiger partial charge in [-0.3, -0.25) is 9.59 Å². The van der Waals surface area contributed by atoms with Gasteiger partial charge in [0, 0.05) is 28.9 Å². The Labute approximate surface area is 191 Å². The summed E-state index contributed by atoms with van der Waals surface area (Å²) in [6.45, 7) is 3.24. The third kappa shape index (κ3) is 3.60. The predicted octanol–water partition coefficient (Wildman–Crippen LogP) is 4.48. The molecule has 0 unspecified atom stereocenters. The first-order valence-electron chi connectivity index (χ1n) is 10.8. The van der Waals surface area contributed by atoms with Crippen molar-refractivity contribution in [2.75, 3.05) is 6.54 Å². The third-order valence-electron chi connectivity index (χ3n) is 6.28. The second kappa shape index (κ2) is 8.28. The van der Waals surface area contributed by atoms with E-state index in [2.05, 4.69) is 11.4 Å². The highest BCUT2D eigenvalue weighted by molar-refractivity contribution is 7.09. The summed E-state index contributed by atoms with van der Waals surface area (Å²) in [5, 5.41) is 6.14. The molecule has 0 radical (unpaired) electrons. The van der Waals surface area contributed by atoms with Crippen LogP contribution in [0, 0.1) is 0 Å². The van der Waals surface area contributed by atoms with Gasteiger partial charge in [-0.25, -0.2) is 0 Å². The zero-order chi connectivity index (χ0) is 22.1. The second-order valence-corrected chi connectivity index (χ2v) is 9.44. The molecular formula is C26H25N3O2S. The monoisotopic (exact) mass is 443 g/mol. The van der Waals surface area contributed by atoms with Gasteiger partial charge in [0.2, 0.25) is 5.91 Å². The number of carbonyl (C=O) groups excluding carboxylic acids is 2. The number of fused-ring (bicyclic) bond motifs is 3. The normalized spacial score (nSPS) is 18.0. The van der Waals surface area contributed by atoms with Crippen LogP contribution in [0.1, 0.15) is 27.9 Å². The molecule has 1 aliphatic rings. The lowest BCUT2D eigenvalue weighted by Crippen LogP contribution is -2.64. The summed E-state index contributed by atoms with van der Waals surface area (Å²) >= 11 is 1.67. The van der Waals surface area contributed by atoms with Crippen LogP contribution < -0.4 is 5.32 Å². The standard InChI is InChI=1S/C26H25N3O2S/c1-26(25(31)27-17-19-8-3-2-4-9-19)18-28-22-12-6-5-10-20(22)16-23(28)24(30)29(26)14-13-21-11-7-15-32-21/h2-12,15-16H,13-14,17-18H2,1H3,(H,27,31)/t26-/m1/s1. The number of hydrogen-bond donors (Lipinski definition) is 1. The van der Waals surface area contributed by atoms with Gasteiger partial charge < -0.3 is 14.8 Å². The van der Waals surface area contributed by atoms with E-state index in [4.69, 9.17) is 0 Å². The van der Waals surface area contributed by atoms with Crippen LogP contribution >= 0.6 is 11.3 Å². The molecule has 1 aliphatic heterocycles. The summed E-state index contributed by atoms with van der Waals surface area (Å²) in [7, 11) is 0. The van der Waals surface area contributed by atoms with Gasteiger partial charge in [-0.1, -0.05) is 54.6 Å². The zero-order valence-corrected chi connectivity index (χ0v) is 18.8. The van der Waals surface area contributed by atoms with Gasteiger partial charge in [-0.15, -0.1) is 11.3 Å². The van der Waals surface area contributed by atoms with Crippen molar-refractivity contribution in [3.63, 3.8) is 0 Å². The Bertz CT molecular complexity index is 1260. The van der Waals surface area contributed by atoms with Gasteiger partial charge in [-0.2, -0.15) is 0 Å². The van der Waals surface area contributed by atoms with E-state index >= 15 is 0 Å². The number of nitrogens with zero attached hydrogens (tertiary/aromatic N) is 2. The average molecular weight is 444 g/mol. The molecule has 0 bridgehead atoms. The SMILES string of the molecule is C[C@]1(C(=O)NCc2ccccc2)Cn2c(cc3ccccc32)C(=O)N1CCc1cccs1. The summed E-state index contributed by atoms with van der Waals surface area (Å²) in [6, 6.07) is 23.8. The smallest absolute Gasteiger partial charge is 0.271 e. The first-order valence-corrected chi connectivity index (χ1v) is 11.7. The van der Waals surface area contributed by atoms with E-state index in [1.54, 1.807) is 16.2 Å². The predicted molar refractivity (Wildman–Crippen MR) is 128 cm³/mol. The summed E-state index contributed by atoms with van der Waals surface area (Å²) in [5.74, 6) is -0.231. The van der Waals surface area contributed by atoms with E-state index in [1.165, 1.54) is 4.88 Å². The molecule has 0 saturated heterocycles. The third-order valence-corrected chi connectivity index (χ3v) is 7.22. The number of thiophene rings is 1. The Hall–Kier alpha value is -3.38. The number of para-hydroxylation sites is 1. The van der Waals surface area contributed by atoms with Gasteiger partial charge in [0.1, 0.15) is 11.2 Å². The summed E-state index contributed by atoms with van der Waals surface area (Å²) in [4.78, 5) is 30.2. The fourth-order valence-corrected chi connectivity index (χ4v) is 5.20. The Morgan fingerprint density at radius 3 is 2.62 bits per heavy atom. The quantitative estimate of drug-likeness (QED) is 0.478. The van der Waals surface area contributed by atoms with E-state index in [0.717, 1.165) is 22.9 Å². The molecule has 2 aromatic heterocycles. The van der Waals surface area contributed by atoms with Crippen LogP contribution in [0.3, 0.4) is 0 Å². The maximum absolute atomic E-state index is 13.7. The second-order valence-electron chi connectivity index (χ2n) is 8.40. The average Bonchev–Trinajstić information content (AvgIpc) is 3.46. The highest BCUT2D eigenvalue weighted by Crippen LogP contribution is 2.32. The summed E-state index contributed by atoms with van der Waals surface area (Å²) < 4.78 is 2.00. The molecule has 5 rings (SSSR count). The number of benzene rings is 2. The fourth-order valence-electron chi connectivity index (χ4n) is 4.50. The van der Waals surface area contributed by atoms with Gasteiger partial charge in [0.15, 0.2) is 0 Å². The van der Waals surface area contributed by atoms with E-state index in [1.807, 2.05) is 83.6 Å². The molecule has 1 atom stereocenters. The van der Waals surface area contributed by atoms with Gasteiger partial charge >= 0.3 is 0 Å².